The van der Waals surface area contributed by atoms with Crippen molar-refractivity contribution in [2.45, 2.75) is 25.9 Å². The number of carbonyl (C=O) groups excluding carboxylic acids is 2. The van der Waals surface area contributed by atoms with Gasteiger partial charge in [-0.25, -0.2) is 0 Å². The Kier molecular flexibility index (Phi) is 6.78. The van der Waals surface area contributed by atoms with E-state index in [-0.39, 0.29) is 38.0 Å². The fourth-order valence-corrected chi connectivity index (χ4v) is 1.93. The van der Waals surface area contributed by atoms with Crippen LogP contribution in [0, 0.1) is 0 Å². The summed E-state index contributed by atoms with van der Waals surface area (Å²) in [7, 11) is 0. The molecule has 0 atom stereocenters. The number of pyridine rings is 1. The van der Waals surface area contributed by atoms with E-state index < -0.39 is 0 Å². The van der Waals surface area contributed by atoms with Crippen molar-refractivity contribution in [2.24, 2.45) is 0 Å². The van der Waals surface area contributed by atoms with Gasteiger partial charge in [-0.1, -0.05) is 30.3 Å². The quantitative estimate of drug-likeness (QED) is 0.554. The predicted octanol–water partition coefficient (Wildman–Crippen LogP) is 2.69. The third-order valence-electron chi connectivity index (χ3n) is 3.13. The highest BCUT2D eigenvalue weighted by atomic mass is 16.5. The van der Waals surface area contributed by atoms with Crippen molar-refractivity contribution in [1.82, 2.24) is 4.98 Å². The molecule has 0 aliphatic carbocycles. The second-order valence-corrected chi connectivity index (χ2v) is 5.00. The predicted molar refractivity (Wildman–Crippen MR) is 84.4 cm³/mol. The molecule has 5 nitrogen and oxygen atoms in total. The molecule has 1 aromatic heterocycles. The van der Waals surface area contributed by atoms with Gasteiger partial charge in [-0.05, 0) is 29.7 Å². The molecule has 0 unspecified atom stereocenters. The number of hydrogen-bond acceptors (Lipinski definition) is 5. The number of hydrogen-bond donors (Lipinski definition) is 0. The number of esters is 2. The van der Waals surface area contributed by atoms with Gasteiger partial charge in [-0.15, -0.1) is 0 Å². The molecule has 1 heterocycles. The van der Waals surface area contributed by atoms with Crippen LogP contribution >= 0.6 is 0 Å². The molecule has 0 aliphatic rings. The van der Waals surface area contributed by atoms with E-state index >= 15 is 0 Å². The number of nitrogens with zero attached hydrogens (tertiary/aromatic N) is 1. The first-order valence-electron chi connectivity index (χ1n) is 7.48. The van der Waals surface area contributed by atoms with Crippen LogP contribution in [-0.4, -0.2) is 23.5 Å². The normalized spacial score (nSPS) is 10.1. The minimum absolute atomic E-state index is 0.209. The molecule has 23 heavy (non-hydrogen) atoms. The van der Waals surface area contributed by atoms with Gasteiger partial charge in [0.15, 0.2) is 0 Å². The van der Waals surface area contributed by atoms with E-state index in [9.17, 15) is 9.59 Å². The van der Waals surface area contributed by atoms with Crippen molar-refractivity contribution < 1.29 is 19.1 Å². The van der Waals surface area contributed by atoms with E-state index in [1.54, 1.807) is 24.5 Å². The highest BCUT2D eigenvalue weighted by Gasteiger charge is 2.07. The zero-order valence-electron chi connectivity index (χ0n) is 12.8. The van der Waals surface area contributed by atoms with E-state index in [2.05, 4.69) is 4.98 Å². The Labute approximate surface area is 135 Å². The Bertz CT molecular complexity index is 613. The third-order valence-corrected chi connectivity index (χ3v) is 3.13. The maximum Gasteiger partial charge on any atom is 0.310 e. The fraction of sp³-hybridized carbons (Fsp3) is 0.278. The Morgan fingerprint density at radius 1 is 0.870 bits per heavy atom. The number of ether oxygens (including phenoxy) is 2. The van der Waals surface area contributed by atoms with Crippen LogP contribution in [-0.2, 0) is 32.1 Å². The summed E-state index contributed by atoms with van der Waals surface area (Å²) in [5.41, 5.74) is 1.80. The van der Waals surface area contributed by atoms with Gasteiger partial charge in [-0.3, -0.25) is 14.6 Å². The zero-order valence-corrected chi connectivity index (χ0v) is 12.8. The average molecular weight is 313 g/mol. The second kappa shape index (κ2) is 9.35. The number of aromatic nitrogens is 1. The summed E-state index contributed by atoms with van der Waals surface area (Å²) in [5, 5.41) is 0. The van der Waals surface area contributed by atoms with Crippen LogP contribution in [0.5, 0.6) is 0 Å². The van der Waals surface area contributed by atoms with Crippen LogP contribution < -0.4 is 0 Å². The van der Waals surface area contributed by atoms with Crippen molar-refractivity contribution in [2.75, 3.05) is 6.61 Å². The Morgan fingerprint density at radius 2 is 1.61 bits per heavy atom. The van der Waals surface area contributed by atoms with Gasteiger partial charge >= 0.3 is 11.9 Å². The zero-order chi connectivity index (χ0) is 16.3. The molecule has 0 N–H and O–H groups in total. The van der Waals surface area contributed by atoms with Gasteiger partial charge in [0.05, 0.1) is 13.0 Å². The molecule has 120 valence electrons. The van der Waals surface area contributed by atoms with Crippen molar-refractivity contribution in [3.05, 3.63) is 66.0 Å². The Morgan fingerprint density at radius 3 is 2.35 bits per heavy atom. The minimum Gasteiger partial charge on any atom is -0.465 e. The largest absolute Gasteiger partial charge is 0.465 e. The second-order valence-electron chi connectivity index (χ2n) is 5.00. The molecule has 0 saturated heterocycles. The van der Waals surface area contributed by atoms with Gasteiger partial charge in [0.25, 0.3) is 0 Å². The van der Waals surface area contributed by atoms with Crippen LogP contribution in [0.25, 0.3) is 0 Å². The Balaban J connectivity index is 1.56. The van der Waals surface area contributed by atoms with Crippen molar-refractivity contribution in [3.63, 3.8) is 0 Å². The smallest absolute Gasteiger partial charge is 0.310 e. The highest BCUT2D eigenvalue weighted by molar-refractivity contribution is 5.72. The lowest BCUT2D eigenvalue weighted by Crippen LogP contribution is -2.11. The third kappa shape index (κ3) is 6.74. The molecule has 5 heteroatoms. The van der Waals surface area contributed by atoms with Crippen LogP contribution in [0.3, 0.4) is 0 Å². The molecule has 0 radical (unpaired) electrons. The number of rotatable bonds is 8. The fourth-order valence-electron chi connectivity index (χ4n) is 1.93. The first-order chi connectivity index (χ1) is 11.2. The molecule has 0 fully saturated rings. The molecule has 1 aromatic carbocycles. The molecule has 0 spiro atoms. The van der Waals surface area contributed by atoms with Crippen molar-refractivity contribution in [3.8, 4) is 0 Å². The summed E-state index contributed by atoms with van der Waals surface area (Å²) in [6.45, 7) is 0.478. The van der Waals surface area contributed by atoms with Crippen LogP contribution in [0.2, 0.25) is 0 Å². The van der Waals surface area contributed by atoms with Gasteiger partial charge in [-0.2, -0.15) is 0 Å². The number of carbonyl (C=O) groups is 2. The molecular weight excluding hydrogens is 294 g/mol. The molecule has 0 saturated carbocycles. The summed E-state index contributed by atoms with van der Waals surface area (Å²) in [4.78, 5) is 27.1. The maximum atomic E-state index is 11.6. The standard InChI is InChI=1S/C18H19NO4/c20-17(23-14-16-5-2-1-3-6-16)7-4-12-22-18(21)13-15-8-10-19-11-9-15/h1-3,5-6,8-11H,4,7,12-14H2. The lowest BCUT2D eigenvalue weighted by atomic mass is 10.2. The van der Waals surface area contributed by atoms with Crippen LogP contribution in [0.15, 0.2) is 54.9 Å². The first kappa shape index (κ1) is 16.7. The highest BCUT2D eigenvalue weighted by Crippen LogP contribution is 2.04. The van der Waals surface area contributed by atoms with Crippen LogP contribution in [0.1, 0.15) is 24.0 Å². The summed E-state index contributed by atoms with van der Waals surface area (Å²) >= 11 is 0. The lowest BCUT2D eigenvalue weighted by Gasteiger charge is -2.06. The summed E-state index contributed by atoms with van der Waals surface area (Å²) in [6, 6.07) is 13.0. The molecule has 0 aliphatic heterocycles. The maximum absolute atomic E-state index is 11.6. The van der Waals surface area contributed by atoms with Gasteiger partial charge in [0, 0.05) is 18.8 Å². The molecule has 0 amide bonds. The monoisotopic (exact) mass is 313 g/mol. The number of benzene rings is 1. The molecular formula is C18H19NO4. The summed E-state index contributed by atoms with van der Waals surface area (Å²) in [6.07, 6.45) is 4.16. The van der Waals surface area contributed by atoms with E-state index in [1.165, 1.54) is 0 Å². The SMILES string of the molecule is O=C(CCCOC(=O)Cc1ccncc1)OCc1ccccc1. The molecule has 0 bridgehead atoms. The van der Waals surface area contributed by atoms with E-state index in [0.29, 0.717) is 6.42 Å². The lowest BCUT2D eigenvalue weighted by molar-refractivity contribution is -0.148. The van der Waals surface area contributed by atoms with E-state index in [0.717, 1.165) is 11.1 Å². The van der Waals surface area contributed by atoms with Gasteiger partial charge < -0.3 is 9.47 Å². The van der Waals surface area contributed by atoms with E-state index in [1.807, 2.05) is 30.3 Å². The van der Waals surface area contributed by atoms with Crippen molar-refractivity contribution in [1.29, 1.82) is 0 Å². The average Bonchev–Trinajstić information content (AvgIpc) is 2.59. The summed E-state index contributed by atoms with van der Waals surface area (Å²) < 4.78 is 10.2. The summed E-state index contributed by atoms with van der Waals surface area (Å²) in [5.74, 6) is -0.604. The van der Waals surface area contributed by atoms with Gasteiger partial charge in [0.2, 0.25) is 0 Å². The Hall–Kier alpha value is -2.69. The first-order valence-corrected chi connectivity index (χ1v) is 7.48. The van der Waals surface area contributed by atoms with Crippen LogP contribution in [0.4, 0.5) is 0 Å². The van der Waals surface area contributed by atoms with Gasteiger partial charge in [0.1, 0.15) is 6.61 Å². The van der Waals surface area contributed by atoms with E-state index in [4.69, 9.17) is 9.47 Å². The molecule has 2 rings (SSSR count). The topological polar surface area (TPSA) is 65.5 Å². The minimum atomic E-state index is -0.311. The van der Waals surface area contributed by atoms with Crippen molar-refractivity contribution >= 4 is 11.9 Å². The molecule has 2 aromatic rings.